The fraction of sp³-hybridized carbons (Fsp3) is 0.400. The van der Waals surface area contributed by atoms with Gasteiger partial charge in [-0.05, 0) is 11.6 Å². The van der Waals surface area contributed by atoms with Gasteiger partial charge in [-0.25, -0.2) is 4.79 Å². The summed E-state index contributed by atoms with van der Waals surface area (Å²) in [6, 6.07) is 7.69. The summed E-state index contributed by atoms with van der Waals surface area (Å²) in [4.78, 5) is 15.0. The number of rotatable bonds is 3. The van der Waals surface area contributed by atoms with Crippen molar-refractivity contribution in [3.8, 4) is 11.8 Å². The van der Waals surface area contributed by atoms with Gasteiger partial charge in [0.25, 0.3) is 0 Å². The van der Waals surface area contributed by atoms with Gasteiger partial charge in [-0.3, -0.25) is 0 Å². The lowest BCUT2D eigenvalue weighted by molar-refractivity contribution is 0.180. The summed E-state index contributed by atoms with van der Waals surface area (Å²) >= 11 is 0. The van der Waals surface area contributed by atoms with E-state index in [0.717, 1.165) is 11.1 Å². The van der Waals surface area contributed by atoms with Crippen LogP contribution in [0.25, 0.3) is 0 Å². The van der Waals surface area contributed by atoms with Crippen molar-refractivity contribution in [2.24, 2.45) is 0 Å². The monoisotopic (exact) mass is 260 g/mol. The molecule has 0 radical (unpaired) electrons. The highest BCUT2D eigenvalue weighted by molar-refractivity contribution is 5.73. The molecule has 1 aromatic carbocycles. The van der Waals surface area contributed by atoms with Crippen LogP contribution >= 0.6 is 0 Å². The van der Waals surface area contributed by atoms with Gasteiger partial charge in [-0.2, -0.15) is 0 Å². The molecule has 0 aliphatic heterocycles. The maximum Gasteiger partial charge on any atom is 0.319 e. The largest absolute Gasteiger partial charge is 0.395 e. The molecule has 0 aliphatic rings. The summed E-state index contributed by atoms with van der Waals surface area (Å²) in [5.41, 5.74) is 1.90. The minimum absolute atomic E-state index is 0.0434. The predicted octanol–water partition coefficient (Wildman–Crippen LogP) is 1.53. The molecule has 0 aromatic heterocycles. The Balaban J connectivity index is 2.84. The van der Waals surface area contributed by atoms with Crippen molar-refractivity contribution in [1.82, 2.24) is 9.80 Å². The molecule has 0 unspecified atom stereocenters. The van der Waals surface area contributed by atoms with Crippen LogP contribution < -0.4 is 0 Å². The van der Waals surface area contributed by atoms with Crippen molar-refractivity contribution in [3.05, 3.63) is 35.4 Å². The number of benzene rings is 1. The average Bonchev–Trinajstić information content (AvgIpc) is 2.39. The van der Waals surface area contributed by atoms with Crippen molar-refractivity contribution in [1.29, 1.82) is 0 Å². The molecule has 0 bridgehead atoms. The topological polar surface area (TPSA) is 43.8 Å². The van der Waals surface area contributed by atoms with E-state index in [4.69, 9.17) is 5.11 Å². The van der Waals surface area contributed by atoms with E-state index < -0.39 is 0 Å². The lowest BCUT2D eigenvalue weighted by Crippen LogP contribution is -2.35. The van der Waals surface area contributed by atoms with Gasteiger partial charge in [-0.15, -0.1) is 0 Å². The van der Waals surface area contributed by atoms with Gasteiger partial charge in [0.15, 0.2) is 0 Å². The Morgan fingerprint density at radius 3 is 2.58 bits per heavy atom. The van der Waals surface area contributed by atoms with E-state index >= 15 is 0 Å². The van der Waals surface area contributed by atoms with Crippen molar-refractivity contribution >= 4 is 6.03 Å². The highest BCUT2D eigenvalue weighted by atomic mass is 16.2. The quantitative estimate of drug-likeness (QED) is 0.838. The first kappa shape index (κ1) is 15.1. The lowest BCUT2D eigenvalue weighted by atomic mass is 10.1. The molecule has 0 heterocycles. The number of carbonyl (C=O) groups is 1. The smallest absolute Gasteiger partial charge is 0.319 e. The van der Waals surface area contributed by atoms with Crippen LogP contribution in [0, 0.1) is 11.8 Å². The van der Waals surface area contributed by atoms with Gasteiger partial charge in [-0.1, -0.05) is 30.0 Å². The van der Waals surface area contributed by atoms with Crippen molar-refractivity contribution < 1.29 is 9.90 Å². The van der Waals surface area contributed by atoms with E-state index in [0.29, 0.717) is 13.0 Å². The summed E-state index contributed by atoms with van der Waals surface area (Å²) < 4.78 is 0. The molecule has 0 spiro atoms. The first-order valence-corrected chi connectivity index (χ1v) is 6.16. The van der Waals surface area contributed by atoms with E-state index in [-0.39, 0.29) is 12.6 Å². The molecule has 19 heavy (non-hydrogen) atoms. The Kier molecular flexibility index (Phi) is 5.91. The van der Waals surface area contributed by atoms with E-state index in [9.17, 15) is 4.79 Å². The normalized spacial score (nSPS) is 9.47. The SMILES string of the molecule is CN(C)C(=O)N(C)Cc1ccccc1C#CCCO. The number of urea groups is 1. The minimum atomic E-state index is -0.0434. The molecule has 2 amide bonds. The van der Waals surface area contributed by atoms with Gasteiger partial charge in [0, 0.05) is 39.7 Å². The zero-order valence-electron chi connectivity index (χ0n) is 11.7. The molecule has 4 nitrogen and oxygen atoms in total. The number of nitrogens with zero attached hydrogens (tertiary/aromatic N) is 2. The van der Waals surface area contributed by atoms with Crippen LogP contribution in [0.1, 0.15) is 17.5 Å². The zero-order valence-corrected chi connectivity index (χ0v) is 11.7. The molecular formula is C15H20N2O2. The predicted molar refractivity (Wildman–Crippen MR) is 75.6 cm³/mol. The molecule has 1 N–H and O–H groups in total. The van der Waals surface area contributed by atoms with E-state index in [1.54, 1.807) is 30.9 Å². The summed E-state index contributed by atoms with van der Waals surface area (Å²) in [5.74, 6) is 5.93. The number of aliphatic hydroxyl groups excluding tert-OH is 1. The minimum Gasteiger partial charge on any atom is -0.395 e. The summed E-state index contributed by atoms with van der Waals surface area (Å²) in [6.07, 6.45) is 0.459. The average molecular weight is 260 g/mol. The fourth-order valence-electron chi connectivity index (χ4n) is 1.66. The zero-order chi connectivity index (χ0) is 14.3. The molecule has 1 rings (SSSR count). The lowest BCUT2D eigenvalue weighted by Gasteiger charge is -2.22. The van der Waals surface area contributed by atoms with Gasteiger partial charge < -0.3 is 14.9 Å². The highest BCUT2D eigenvalue weighted by Gasteiger charge is 2.12. The number of hydrogen-bond donors (Lipinski definition) is 1. The summed E-state index contributed by atoms with van der Waals surface area (Å²) in [5, 5.41) is 8.73. The summed E-state index contributed by atoms with van der Waals surface area (Å²) in [6.45, 7) is 0.579. The summed E-state index contributed by atoms with van der Waals surface area (Å²) in [7, 11) is 5.22. The molecule has 0 aliphatic carbocycles. The first-order valence-electron chi connectivity index (χ1n) is 6.16. The molecule has 4 heteroatoms. The number of carbonyl (C=O) groups excluding carboxylic acids is 1. The van der Waals surface area contributed by atoms with Crippen LogP contribution in [0.3, 0.4) is 0 Å². The van der Waals surface area contributed by atoms with Crippen molar-refractivity contribution in [2.45, 2.75) is 13.0 Å². The van der Waals surface area contributed by atoms with Gasteiger partial charge in [0.2, 0.25) is 0 Å². The second-order valence-electron chi connectivity index (χ2n) is 4.47. The van der Waals surface area contributed by atoms with E-state index in [1.807, 2.05) is 24.3 Å². The second-order valence-corrected chi connectivity index (χ2v) is 4.47. The van der Waals surface area contributed by atoms with Gasteiger partial charge in [0.05, 0.1) is 6.61 Å². The number of aliphatic hydroxyl groups is 1. The van der Waals surface area contributed by atoms with Crippen LogP contribution in [-0.4, -0.2) is 48.7 Å². The van der Waals surface area contributed by atoms with E-state index in [1.165, 1.54) is 0 Å². The highest BCUT2D eigenvalue weighted by Crippen LogP contribution is 2.10. The van der Waals surface area contributed by atoms with Crippen LogP contribution in [0.2, 0.25) is 0 Å². The molecule has 0 atom stereocenters. The standard InChI is InChI=1S/C15H20N2O2/c1-16(2)15(19)17(3)12-14-10-5-4-8-13(14)9-6-7-11-18/h4-5,8,10,18H,7,11-12H2,1-3H3. The second kappa shape index (κ2) is 7.45. The third-order valence-corrected chi connectivity index (χ3v) is 2.59. The number of amides is 2. The Labute approximate surface area is 114 Å². The number of hydrogen-bond acceptors (Lipinski definition) is 2. The van der Waals surface area contributed by atoms with Crippen molar-refractivity contribution in [2.75, 3.05) is 27.7 Å². The molecule has 0 saturated carbocycles. The third kappa shape index (κ3) is 4.65. The van der Waals surface area contributed by atoms with Crippen LogP contribution in [0.5, 0.6) is 0 Å². The maximum atomic E-state index is 11.8. The fourth-order valence-corrected chi connectivity index (χ4v) is 1.66. The molecular weight excluding hydrogens is 240 g/mol. The van der Waals surface area contributed by atoms with Gasteiger partial charge in [0.1, 0.15) is 0 Å². The molecule has 0 saturated heterocycles. The van der Waals surface area contributed by atoms with Crippen LogP contribution in [-0.2, 0) is 6.54 Å². The Morgan fingerprint density at radius 1 is 1.26 bits per heavy atom. The van der Waals surface area contributed by atoms with E-state index in [2.05, 4.69) is 11.8 Å². The van der Waals surface area contributed by atoms with Crippen LogP contribution in [0.15, 0.2) is 24.3 Å². The molecule has 1 aromatic rings. The van der Waals surface area contributed by atoms with Crippen LogP contribution in [0.4, 0.5) is 4.79 Å². The van der Waals surface area contributed by atoms with Crippen molar-refractivity contribution in [3.63, 3.8) is 0 Å². The Morgan fingerprint density at radius 2 is 1.95 bits per heavy atom. The Hall–Kier alpha value is -1.99. The molecule has 0 fully saturated rings. The maximum absolute atomic E-state index is 11.8. The third-order valence-electron chi connectivity index (χ3n) is 2.59. The van der Waals surface area contributed by atoms with Gasteiger partial charge >= 0.3 is 6.03 Å². The first-order chi connectivity index (χ1) is 9.06. The molecule has 102 valence electrons. The Bertz CT molecular complexity index is 486.